The quantitative estimate of drug-likeness (QED) is 0.0447. The Kier molecular flexibility index (Phi) is 18.0. The summed E-state index contributed by atoms with van der Waals surface area (Å²) in [7, 11) is 0. The molecule has 580 valence electrons. The number of carbonyl (C=O) groups excluding carboxylic acids is 2. The zero-order valence-electron chi connectivity index (χ0n) is 69.2. The van der Waals surface area contributed by atoms with E-state index < -0.39 is 0 Å². The maximum atomic E-state index is 11.8. The van der Waals surface area contributed by atoms with Gasteiger partial charge in [0.15, 0.2) is 0 Å². The summed E-state index contributed by atoms with van der Waals surface area (Å²) in [6, 6.07) is 83.3. The fraction of sp³-hybridized carbons (Fsp3) is 0.418. The second kappa shape index (κ2) is 27.8. The molecule has 10 aromatic carbocycles. The Morgan fingerprint density at radius 2 is 0.596 bits per heavy atom. The third-order valence-electron chi connectivity index (χ3n) is 33.6. The summed E-state index contributed by atoms with van der Waals surface area (Å²) < 4.78 is 6.23. The molecule has 0 saturated heterocycles. The van der Waals surface area contributed by atoms with E-state index >= 15 is 0 Å². The first-order chi connectivity index (χ1) is 55.6. The van der Waals surface area contributed by atoms with Gasteiger partial charge in [0.2, 0.25) is 0 Å². The second-order valence-corrected chi connectivity index (χ2v) is 38.4. The summed E-state index contributed by atoms with van der Waals surface area (Å²) in [5.41, 5.74) is 36.8. The van der Waals surface area contributed by atoms with Crippen LogP contribution in [0.2, 0.25) is 0 Å². The van der Waals surface area contributed by atoms with E-state index in [1.54, 1.807) is 33.4 Å². The minimum Gasteiger partial charge on any atom is -0.494 e. The summed E-state index contributed by atoms with van der Waals surface area (Å²) in [6.07, 6.45) is 37.6. The van der Waals surface area contributed by atoms with Crippen LogP contribution in [0, 0.1) is 39.4 Å². The van der Waals surface area contributed by atoms with Crippen molar-refractivity contribution in [2.24, 2.45) is 32.5 Å². The van der Waals surface area contributed by atoms with Gasteiger partial charge in [-0.2, -0.15) is 0 Å². The summed E-state index contributed by atoms with van der Waals surface area (Å²) in [5.74, 6) is 0.574. The molecule has 4 heteroatoms. The minimum atomic E-state index is -0.175. The highest BCUT2D eigenvalue weighted by Crippen LogP contribution is 2.83. The molecule has 0 atom stereocenters. The molecule has 1 aliphatic heterocycles. The molecule has 9 aliphatic carbocycles. The molecule has 6 bridgehead atoms. The van der Waals surface area contributed by atoms with Crippen LogP contribution in [0.15, 0.2) is 218 Å². The molecular weight excluding hydrogens is 1380 g/mol. The topological polar surface area (TPSA) is 46.6 Å². The van der Waals surface area contributed by atoms with E-state index in [1.165, 1.54) is 270 Å². The smallest absolute Gasteiger partial charge is 0.253 e. The molecule has 0 unspecified atom stereocenters. The molecule has 10 aromatic rings. The van der Waals surface area contributed by atoms with Crippen LogP contribution in [0.1, 0.15) is 260 Å². The van der Waals surface area contributed by atoms with Gasteiger partial charge in [0.1, 0.15) is 5.75 Å². The monoisotopic (exact) mass is 1500 g/mol. The third-order valence-corrected chi connectivity index (χ3v) is 33.6. The average molecular weight is 1500 g/mol. The highest BCUT2D eigenvalue weighted by Gasteiger charge is 2.75. The zero-order chi connectivity index (χ0) is 77.6. The molecule has 6 fully saturated rings. The number of fused-ring (bicyclic) bond motifs is 9. The van der Waals surface area contributed by atoms with Crippen LogP contribution in [-0.4, -0.2) is 29.9 Å². The van der Waals surface area contributed by atoms with Crippen LogP contribution < -0.4 is 4.74 Å². The van der Waals surface area contributed by atoms with Gasteiger partial charge in [0.05, 0.1) is 6.61 Å². The van der Waals surface area contributed by atoms with Crippen molar-refractivity contribution < 1.29 is 14.3 Å². The number of unbranched alkanes of at least 4 members (excludes halogenated alkanes) is 7. The summed E-state index contributed by atoms with van der Waals surface area (Å²) in [6.45, 7) is 18.9. The van der Waals surface area contributed by atoms with Crippen LogP contribution in [-0.2, 0) is 25.8 Å². The molecule has 10 aliphatic rings. The van der Waals surface area contributed by atoms with Crippen LogP contribution in [0.3, 0.4) is 0 Å². The van der Waals surface area contributed by atoms with Gasteiger partial charge >= 0.3 is 0 Å². The number of aryl methyl sites for hydroxylation is 1. The van der Waals surface area contributed by atoms with Gasteiger partial charge in [-0.15, -0.1) is 0 Å². The molecule has 114 heavy (non-hydrogen) atoms. The predicted molar refractivity (Wildman–Crippen MR) is 472 cm³/mol. The van der Waals surface area contributed by atoms with E-state index in [9.17, 15) is 9.59 Å². The number of hydrogen-bond acceptors (Lipinski definition) is 3. The normalized spacial score (nSPS) is 27.8. The van der Waals surface area contributed by atoms with Crippen molar-refractivity contribution in [3.63, 3.8) is 0 Å². The van der Waals surface area contributed by atoms with E-state index in [2.05, 4.69) is 255 Å². The first-order valence-electron chi connectivity index (χ1n) is 45.0. The van der Waals surface area contributed by atoms with Gasteiger partial charge in [0.25, 0.3) is 11.8 Å². The second-order valence-electron chi connectivity index (χ2n) is 38.4. The third kappa shape index (κ3) is 10.4. The number of imide groups is 1. The lowest BCUT2D eigenvalue weighted by atomic mass is 9.36. The maximum Gasteiger partial charge on any atom is 0.253 e. The Morgan fingerprint density at radius 3 is 0.956 bits per heavy atom. The van der Waals surface area contributed by atoms with Crippen molar-refractivity contribution in [1.29, 1.82) is 0 Å². The van der Waals surface area contributed by atoms with Crippen LogP contribution in [0.4, 0.5) is 0 Å². The number of amides is 2. The van der Waals surface area contributed by atoms with Gasteiger partial charge < -0.3 is 4.74 Å². The molecule has 4 nitrogen and oxygen atoms in total. The summed E-state index contributed by atoms with van der Waals surface area (Å²) >= 11 is 0. The average Bonchev–Trinajstić information content (AvgIpc) is 1.47. The van der Waals surface area contributed by atoms with Crippen LogP contribution in [0.25, 0.3) is 100 Å². The molecule has 3 spiro atoms. The van der Waals surface area contributed by atoms with Crippen molar-refractivity contribution in [2.75, 3.05) is 13.2 Å². The number of rotatable bonds is 24. The van der Waals surface area contributed by atoms with Crippen molar-refractivity contribution in [1.82, 2.24) is 4.90 Å². The summed E-state index contributed by atoms with van der Waals surface area (Å²) in [5, 5.41) is 0. The minimum absolute atomic E-state index is 0.0547. The van der Waals surface area contributed by atoms with E-state index in [1.807, 2.05) is 0 Å². The predicted octanol–water partition coefficient (Wildman–Crippen LogP) is 29.1. The Bertz CT molecular complexity index is 5370. The molecule has 1 heterocycles. The number of hydrogen-bond donors (Lipinski definition) is 0. The molecule has 2 amide bonds. The lowest BCUT2D eigenvalue weighted by Gasteiger charge is -2.67. The molecule has 0 radical (unpaired) electrons. The first kappa shape index (κ1) is 73.7. The number of carbonyl (C=O) groups is 2. The summed E-state index contributed by atoms with van der Waals surface area (Å²) in [4.78, 5) is 25.0. The highest BCUT2D eigenvalue weighted by molar-refractivity contribution is 6.13. The molecule has 0 aromatic heterocycles. The Morgan fingerprint density at radius 1 is 0.307 bits per heavy atom. The number of ether oxygens (including phenoxy) is 1. The van der Waals surface area contributed by atoms with E-state index in [-0.39, 0.29) is 49.7 Å². The lowest BCUT2D eigenvalue weighted by molar-refractivity contribution is -0.136. The van der Waals surface area contributed by atoms with E-state index in [0.717, 1.165) is 44.5 Å². The largest absolute Gasteiger partial charge is 0.494 e. The number of benzene rings is 10. The molecule has 0 N–H and O–H groups in total. The van der Waals surface area contributed by atoms with Crippen LogP contribution in [0.5, 0.6) is 5.75 Å². The zero-order valence-corrected chi connectivity index (χ0v) is 69.2. The van der Waals surface area contributed by atoms with Crippen LogP contribution >= 0.6 is 0 Å². The van der Waals surface area contributed by atoms with Gasteiger partial charge in [-0.05, 0) is 331 Å². The molecule has 6 saturated carbocycles. The van der Waals surface area contributed by atoms with Gasteiger partial charge in [-0.3, -0.25) is 14.5 Å². The maximum absolute atomic E-state index is 11.8. The van der Waals surface area contributed by atoms with E-state index in [0.29, 0.717) is 17.4 Å². The van der Waals surface area contributed by atoms with Crippen molar-refractivity contribution >= 4 is 11.8 Å². The van der Waals surface area contributed by atoms with Gasteiger partial charge in [-0.1, -0.05) is 275 Å². The highest BCUT2D eigenvalue weighted by atomic mass is 16.5. The van der Waals surface area contributed by atoms with Crippen molar-refractivity contribution in [2.45, 2.75) is 244 Å². The Labute approximate surface area is 680 Å². The van der Waals surface area contributed by atoms with Crippen molar-refractivity contribution in [3.05, 3.63) is 257 Å². The van der Waals surface area contributed by atoms with Gasteiger partial charge in [-0.25, -0.2) is 0 Å². The SMILES string of the molecule is CCCC12CCCC(CCC)(CCC1)C21c2cc(C)ccc2-c2ccc(-c3ccc(-c4ccc(-c5ccc6c(c5)C5(c7cc(-c8ccc9c(c8)C8(c%10cc(-c%11ccc(-c%12ccc(OCCCCCCCCCCN%13C(=O)C=CC%13=O)cc%12)cc%11)ccc%10-9)C9(C)CCC8(C)CC9)ccc7-6)C6(CC)CCC5(CC)CC6)cc4)cc3)cc21. The molecule has 20 rings (SSSR count). The van der Waals surface area contributed by atoms with Crippen molar-refractivity contribution in [3.8, 4) is 106 Å². The lowest BCUT2D eigenvalue weighted by Crippen LogP contribution is -2.62. The fourth-order valence-corrected chi connectivity index (χ4v) is 28.7. The number of nitrogens with zero attached hydrogens (tertiary/aromatic N) is 1. The standard InChI is InChI=1S/C110H117NO3/c1-8-52-106-54-20-56-107(53-9-2,57-21-55-106)110(106)94-68-74(5)22-44-88(94)91-46-38-84(71-99(91)110)81-31-25-76(26-32-81)75-23-29-80(30-24-75)83-39-47-92-93-49-41-86(73-98(93)109(97(92)70-83)104(10-3)62-64-105(109,11-4)65-63-104)85-40-48-90-89-45-37-82(69-95(89)108(96(90)72-85)102(6)58-60-103(108,7)61-59-102)79-33-27-77(28-34-79)78-35-42-87(43-36-78)114-67-19-17-15-13-12-14-16-18-66-111-100(112)50-51-101(111)113/h22-51,68-73H,8-21,52-67H2,1-7H3. The van der Waals surface area contributed by atoms with Gasteiger partial charge in [0, 0.05) is 34.9 Å². The molecular formula is C110H117NO3. The fourth-order valence-electron chi connectivity index (χ4n) is 28.7. The van der Waals surface area contributed by atoms with E-state index in [4.69, 9.17) is 4.74 Å². The Hall–Kier alpha value is -9.12. The Balaban J connectivity index is 0.555. The first-order valence-corrected chi connectivity index (χ1v) is 45.0.